The van der Waals surface area contributed by atoms with E-state index in [1.54, 1.807) is 11.2 Å². The van der Waals surface area contributed by atoms with Crippen molar-refractivity contribution in [2.45, 2.75) is 19.6 Å². The third-order valence-electron chi connectivity index (χ3n) is 4.13. The number of carbonyl (C=O) groups is 1. The smallest absolute Gasteiger partial charge is 0.249 e. The van der Waals surface area contributed by atoms with E-state index in [1.165, 1.54) is 5.56 Å². The molecule has 0 saturated carbocycles. The first-order valence-corrected chi connectivity index (χ1v) is 8.77. The second-order valence-electron chi connectivity index (χ2n) is 6.11. The summed E-state index contributed by atoms with van der Waals surface area (Å²) in [6, 6.07) is 23.7. The Labute approximate surface area is 154 Å². The van der Waals surface area contributed by atoms with Crippen LogP contribution in [0.3, 0.4) is 0 Å². The van der Waals surface area contributed by atoms with Crippen molar-refractivity contribution in [3.05, 3.63) is 95.9 Å². The summed E-state index contributed by atoms with van der Waals surface area (Å²) >= 11 is 0. The number of nitrogens with zero attached hydrogens (tertiary/aromatic N) is 1. The first kappa shape index (κ1) is 18.0. The Morgan fingerprint density at radius 1 is 0.885 bits per heavy atom. The molecular formula is C22H23NO3. The maximum absolute atomic E-state index is 12.6. The van der Waals surface area contributed by atoms with Gasteiger partial charge in [-0.25, -0.2) is 0 Å². The molecule has 0 aliphatic carbocycles. The van der Waals surface area contributed by atoms with Crippen LogP contribution in [-0.2, 0) is 29.1 Å². The zero-order valence-corrected chi connectivity index (χ0v) is 14.7. The molecule has 1 aromatic heterocycles. The molecule has 0 saturated heterocycles. The minimum absolute atomic E-state index is 0.0340. The average Bonchev–Trinajstić information content (AvgIpc) is 3.20. The second-order valence-corrected chi connectivity index (χ2v) is 6.11. The lowest BCUT2D eigenvalue weighted by Gasteiger charge is -2.22. The molecule has 0 atom stereocenters. The normalized spacial score (nSPS) is 10.6. The van der Waals surface area contributed by atoms with Crippen molar-refractivity contribution in [3.63, 3.8) is 0 Å². The molecule has 26 heavy (non-hydrogen) atoms. The Bertz CT molecular complexity index is 770. The molecule has 0 N–H and O–H groups in total. The fourth-order valence-electron chi connectivity index (χ4n) is 2.71. The summed E-state index contributed by atoms with van der Waals surface area (Å²) in [5, 5.41) is 0. The van der Waals surface area contributed by atoms with Gasteiger partial charge in [0.1, 0.15) is 12.4 Å². The van der Waals surface area contributed by atoms with Crippen LogP contribution >= 0.6 is 0 Å². The number of furan rings is 1. The van der Waals surface area contributed by atoms with Gasteiger partial charge in [-0.15, -0.1) is 0 Å². The summed E-state index contributed by atoms with van der Waals surface area (Å²) in [5.74, 6) is 0.739. The Kier molecular flexibility index (Phi) is 6.62. The zero-order valence-electron chi connectivity index (χ0n) is 14.7. The van der Waals surface area contributed by atoms with Crippen LogP contribution < -0.4 is 0 Å². The molecular weight excluding hydrogens is 326 g/mol. The van der Waals surface area contributed by atoms with Gasteiger partial charge in [-0.1, -0.05) is 60.7 Å². The predicted octanol–water partition coefficient (Wildman–Crippen LogP) is 4.07. The fourth-order valence-corrected chi connectivity index (χ4v) is 2.71. The lowest BCUT2D eigenvalue weighted by atomic mass is 10.1. The van der Waals surface area contributed by atoms with E-state index >= 15 is 0 Å². The lowest BCUT2D eigenvalue weighted by molar-refractivity contribution is -0.137. The summed E-state index contributed by atoms with van der Waals surface area (Å²) in [5.41, 5.74) is 2.26. The van der Waals surface area contributed by atoms with E-state index in [9.17, 15) is 4.79 Å². The van der Waals surface area contributed by atoms with Crippen LogP contribution in [0.5, 0.6) is 0 Å². The third kappa shape index (κ3) is 5.60. The second kappa shape index (κ2) is 9.59. The largest absolute Gasteiger partial charge is 0.467 e. The maximum Gasteiger partial charge on any atom is 0.249 e. The van der Waals surface area contributed by atoms with E-state index in [0.29, 0.717) is 19.7 Å². The topological polar surface area (TPSA) is 42.7 Å². The molecule has 3 rings (SSSR count). The van der Waals surface area contributed by atoms with Crippen molar-refractivity contribution < 1.29 is 13.9 Å². The van der Waals surface area contributed by atoms with Crippen LogP contribution in [0.1, 0.15) is 16.9 Å². The van der Waals surface area contributed by atoms with Gasteiger partial charge in [0, 0.05) is 6.54 Å². The molecule has 0 spiro atoms. The highest BCUT2D eigenvalue weighted by Crippen LogP contribution is 2.09. The van der Waals surface area contributed by atoms with Crippen molar-refractivity contribution in [1.82, 2.24) is 4.90 Å². The highest BCUT2D eigenvalue weighted by atomic mass is 16.5. The number of ether oxygens (including phenoxy) is 1. The van der Waals surface area contributed by atoms with Gasteiger partial charge in [0.15, 0.2) is 0 Å². The van der Waals surface area contributed by atoms with E-state index < -0.39 is 0 Å². The lowest BCUT2D eigenvalue weighted by Crippen LogP contribution is -2.35. The van der Waals surface area contributed by atoms with Crippen molar-refractivity contribution in [2.75, 3.05) is 13.2 Å². The first-order valence-electron chi connectivity index (χ1n) is 8.77. The van der Waals surface area contributed by atoms with Crippen LogP contribution in [0.15, 0.2) is 83.5 Å². The van der Waals surface area contributed by atoms with Gasteiger partial charge in [0.25, 0.3) is 0 Å². The number of hydrogen-bond acceptors (Lipinski definition) is 3. The fraction of sp³-hybridized carbons (Fsp3) is 0.227. The molecule has 0 aliphatic rings. The molecule has 1 heterocycles. The molecule has 0 fully saturated rings. The SMILES string of the molecule is O=C(COCc1ccccc1)N(CCc1ccccc1)Cc1ccco1. The predicted molar refractivity (Wildman–Crippen MR) is 100 cm³/mol. The quantitative estimate of drug-likeness (QED) is 0.585. The van der Waals surface area contributed by atoms with Crippen LogP contribution in [0.2, 0.25) is 0 Å². The van der Waals surface area contributed by atoms with Gasteiger partial charge >= 0.3 is 0 Å². The van der Waals surface area contributed by atoms with E-state index in [4.69, 9.17) is 9.15 Å². The number of hydrogen-bond donors (Lipinski definition) is 0. The summed E-state index contributed by atoms with van der Waals surface area (Å²) in [7, 11) is 0. The first-order chi connectivity index (χ1) is 12.8. The van der Waals surface area contributed by atoms with Crippen LogP contribution in [0.25, 0.3) is 0 Å². The molecule has 4 heteroatoms. The van der Waals surface area contributed by atoms with E-state index in [2.05, 4.69) is 12.1 Å². The standard InChI is InChI=1S/C22H23NO3/c24-22(18-25-17-20-10-5-2-6-11-20)23(16-21-12-7-15-26-21)14-13-19-8-3-1-4-9-19/h1-12,15H,13-14,16-18H2. The highest BCUT2D eigenvalue weighted by Gasteiger charge is 2.15. The maximum atomic E-state index is 12.6. The molecule has 0 aliphatic heterocycles. The molecule has 2 aromatic carbocycles. The van der Waals surface area contributed by atoms with Gasteiger partial charge in [0.2, 0.25) is 5.91 Å². The van der Waals surface area contributed by atoms with E-state index in [-0.39, 0.29) is 12.5 Å². The van der Waals surface area contributed by atoms with E-state index in [0.717, 1.165) is 17.7 Å². The average molecular weight is 349 g/mol. The van der Waals surface area contributed by atoms with Crippen LogP contribution in [0, 0.1) is 0 Å². The summed E-state index contributed by atoms with van der Waals surface area (Å²) in [6.45, 7) is 1.57. The van der Waals surface area contributed by atoms with Gasteiger partial charge in [-0.3, -0.25) is 4.79 Å². The van der Waals surface area contributed by atoms with Crippen molar-refractivity contribution in [3.8, 4) is 0 Å². The van der Waals surface area contributed by atoms with Crippen molar-refractivity contribution in [2.24, 2.45) is 0 Å². The van der Waals surface area contributed by atoms with Crippen molar-refractivity contribution in [1.29, 1.82) is 0 Å². The molecule has 0 bridgehead atoms. The van der Waals surface area contributed by atoms with Crippen LogP contribution in [-0.4, -0.2) is 24.0 Å². The zero-order chi connectivity index (χ0) is 18.0. The Balaban J connectivity index is 1.55. The summed E-state index contributed by atoms with van der Waals surface area (Å²) < 4.78 is 11.0. The summed E-state index contributed by atoms with van der Waals surface area (Å²) in [6.07, 6.45) is 2.42. The Hall–Kier alpha value is -2.85. The Morgan fingerprint density at radius 2 is 1.58 bits per heavy atom. The van der Waals surface area contributed by atoms with Gasteiger partial charge < -0.3 is 14.1 Å². The van der Waals surface area contributed by atoms with Gasteiger partial charge in [-0.05, 0) is 29.7 Å². The molecule has 0 radical (unpaired) electrons. The highest BCUT2D eigenvalue weighted by molar-refractivity contribution is 5.77. The van der Waals surface area contributed by atoms with Gasteiger partial charge in [-0.2, -0.15) is 0 Å². The summed E-state index contributed by atoms with van der Waals surface area (Å²) in [4.78, 5) is 14.4. The molecule has 3 aromatic rings. The monoisotopic (exact) mass is 349 g/mol. The number of rotatable bonds is 9. The van der Waals surface area contributed by atoms with E-state index in [1.807, 2.05) is 60.7 Å². The van der Waals surface area contributed by atoms with Gasteiger partial charge in [0.05, 0.1) is 19.4 Å². The molecule has 4 nitrogen and oxygen atoms in total. The number of amides is 1. The number of carbonyl (C=O) groups excluding carboxylic acids is 1. The van der Waals surface area contributed by atoms with Crippen molar-refractivity contribution >= 4 is 5.91 Å². The molecule has 1 amide bonds. The molecule has 0 unspecified atom stereocenters. The number of benzene rings is 2. The molecule has 134 valence electrons. The Morgan fingerprint density at radius 3 is 2.23 bits per heavy atom. The minimum atomic E-state index is -0.0340. The minimum Gasteiger partial charge on any atom is -0.467 e. The van der Waals surface area contributed by atoms with Crippen LogP contribution in [0.4, 0.5) is 0 Å². The third-order valence-corrected chi connectivity index (χ3v) is 4.13.